The monoisotopic (exact) mass is 534 g/mol. The van der Waals surface area contributed by atoms with Gasteiger partial charge in [-0.3, -0.25) is 14.4 Å². The van der Waals surface area contributed by atoms with Crippen LogP contribution in [-0.4, -0.2) is 48.2 Å². The lowest BCUT2D eigenvalue weighted by atomic mass is 9.75. The lowest BCUT2D eigenvalue weighted by molar-refractivity contribution is -0.150. The van der Waals surface area contributed by atoms with Gasteiger partial charge in [0.05, 0.1) is 30.1 Å². The quantitative estimate of drug-likeness (QED) is 0.392. The van der Waals surface area contributed by atoms with Crippen molar-refractivity contribution in [3.8, 4) is 11.5 Å². The Labute approximate surface area is 225 Å². The Bertz CT molecular complexity index is 1010. The van der Waals surface area contributed by atoms with Gasteiger partial charge in [-0.1, -0.05) is 34.1 Å². The van der Waals surface area contributed by atoms with Crippen LogP contribution < -0.4 is 20.1 Å². The summed E-state index contributed by atoms with van der Waals surface area (Å²) in [4.78, 5) is 38.0. The summed E-state index contributed by atoms with van der Waals surface area (Å²) in [5.41, 5.74) is -0.680. The van der Waals surface area contributed by atoms with Crippen LogP contribution in [0.4, 0.5) is 4.39 Å². The summed E-state index contributed by atoms with van der Waals surface area (Å²) in [5.74, 6) is -1.76. The maximum absolute atomic E-state index is 14.9. The van der Waals surface area contributed by atoms with E-state index in [0.717, 1.165) is 12.5 Å². The molecule has 0 radical (unpaired) electrons. The minimum Gasteiger partial charge on any atom is -0.496 e. The number of rotatable bonds is 10. The summed E-state index contributed by atoms with van der Waals surface area (Å²) in [6, 6.07) is 2.17. The molecule has 0 aliphatic heterocycles. The first-order valence-electron chi connectivity index (χ1n) is 13.7. The van der Waals surface area contributed by atoms with E-state index in [1.54, 1.807) is 6.92 Å². The number of carboxylic acid groups (broad SMARTS) is 1. The summed E-state index contributed by atoms with van der Waals surface area (Å²) >= 11 is 0. The molecule has 1 aromatic carbocycles. The number of nitrogens with one attached hydrogen (secondary N) is 2. The summed E-state index contributed by atoms with van der Waals surface area (Å²) in [7, 11) is 1.36. The molecule has 0 saturated heterocycles. The van der Waals surface area contributed by atoms with E-state index in [4.69, 9.17) is 9.47 Å². The molecule has 9 heteroatoms. The average molecular weight is 535 g/mol. The van der Waals surface area contributed by atoms with Crippen molar-refractivity contribution in [1.29, 1.82) is 0 Å². The zero-order valence-electron chi connectivity index (χ0n) is 23.4. The summed E-state index contributed by atoms with van der Waals surface area (Å²) in [6.07, 6.45) is 3.64. The number of hydrogen-bond donors (Lipinski definition) is 3. The van der Waals surface area contributed by atoms with Gasteiger partial charge in [-0.25, -0.2) is 4.39 Å². The molecule has 38 heavy (non-hydrogen) atoms. The molecular weight excluding hydrogens is 491 g/mol. The number of halogens is 1. The van der Waals surface area contributed by atoms with Crippen molar-refractivity contribution in [2.45, 2.75) is 97.8 Å². The number of ether oxygens (including phenoxy) is 2. The minimum absolute atomic E-state index is 0.0458. The van der Waals surface area contributed by atoms with E-state index in [2.05, 4.69) is 38.3 Å². The predicted molar refractivity (Wildman–Crippen MR) is 142 cm³/mol. The summed E-state index contributed by atoms with van der Waals surface area (Å²) in [6.45, 7) is 10.0. The molecule has 2 fully saturated rings. The van der Waals surface area contributed by atoms with E-state index < -0.39 is 23.1 Å². The highest BCUT2D eigenvalue weighted by molar-refractivity contribution is 5.98. The molecule has 0 aromatic heterocycles. The van der Waals surface area contributed by atoms with E-state index in [0.29, 0.717) is 38.5 Å². The van der Waals surface area contributed by atoms with Crippen molar-refractivity contribution in [3.63, 3.8) is 0 Å². The van der Waals surface area contributed by atoms with E-state index >= 15 is 0 Å². The molecule has 0 bridgehead atoms. The number of benzene rings is 1. The van der Waals surface area contributed by atoms with Crippen LogP contribution in [0.25, 0.3) is 0 Å². The second-order valence-electron chi connectivity index (χ2n) is 11.8. The van der Waals surface area contributed by atoms with E-state index in [9.17, 15) is 23.9 Å². The Kier molecular flexibility index (Phi) is 9.65. The largest absolute Gasteiger partial charge is 0.496 e. The number of carbonyl (C=O) groups excluding carboxylic acids is 2. The zero-order chi connectivity index (χ0) is 28.2. The van der Waals surface area contributed by atoms with Gasteiger partial charge in [0.2, 0.25) is 5.91 Å². The van der Waals surface area contributed by atoms with Crippen molar-refractivity contribution in [2.75, 3.05) is 7.11 Å². The highest BCUT2D eigenvalue weighted by Gasteiger charge is 2.39. The van der Waals surface area contributed by atoms with Crippen LogP contribution in [0.2, 0.25) is 0 Å². The van der Waals surface area contributed by atoms with E-state index in [-0.39, 0.29) is 58.9 Å². The summed E-state index contributed by atoms with van der Waals surface area (Å²) in [5, 5.41) is 15.6. The molecule has 0 unspecified atom stereocenters. The molecule has 2 amide bonds. The van der Waals surface area contributed by atoms with Crippen LogP contribution >= 0.6 is 0 Å². The van der Waals surface area contributed by atoms with E-state index in [1.165, 1.54) is 13.2 Å². The number of hydrogen-bond acceptors (Lipinski definition) is 5. The fraction of sp³-hybridized carbons (Fsp3) is 0.690. The molecule has 2 aliphatic rings. The Morgan fingerprint density at radius 2 is 1.66 bits per heavy atom. The molecule has 1 aromatic rings. The number of methoxy groups -OCH3 is 1. The van der Waals surface area contributed by atoms with Crippen LogP contribution in [-0.2, 0) is 9.59 Å². The maximum atomic E-state index is 14.9. The molecule has 2 saturated carbocycles. The lowest BCUT2D eigenvalue weighted by Gasteiger charge is -2.34. The van der Waals surface area contributed by atoms with Crippen LogP contribution in [0.1, 0.15) is 89.9 Å². The van der Waals surface area contributed by atoms with Gasteiger partial charge in [-0.05, 0) is 63.4 Å². The molecule has 212 valence electrons. The smallest absolute Gasteiger partial charge is 0.309 e. The number of aliphatic carboxylic acids is 1. The van der Waals surface area contributed by atoms with Gasteiger partial charge in [0.25, 0.3) is 5.91 Å². The fourth-order valence-electron chi connectivity index (χ4n) is 5.78. The Morgan fingerprint density at radius 1 is 1.03 bits per heavy atom. The fourth-order valence-corrected chi connectivity index (χ4v) is 5.78. The number of carboxylic acids is 1. The molecule has 0 heterocycles. The van der Waals surface area contributed by atoms with Gasteiger partial charge < -0.3 is 25.2 Å². The molecule has 2 atom stereocenters. The molecule has 3 rings (SSSR count). The average Bonchev–Trinajstić information content (AvgIpc) is 3.32. The van der Waals surface area contributed by atoms with Gasteiger partial charge >= 0.3 is 5.97 Å². The van der Waals surface area contributed by atoms with Crippen molar-refractivity contribution in [3.05, 3.63) is 23.5 Å². The van der Waals surface area contributed by atoms with Crippen molar-refractivity contribution < 1.29 is 33.4 Å². The third kappa shape index (κ3) is 6.77. The Morgan fingerprint density at radius 3 is 2.21 bits per heavy atom. The molecule has 8 nitrogen and oxygen atoms in total. The van der Waals surface area contributed by atoms with Gasteiger partial charge in [-0.15, -0.1) is 0 Å². The van der Waals surface area contributed by atoms with Crippen molar-refractivity contribution >= 4 is 17.8 Å². The molecule has 0 spiro atoms. The normalized spacial score (nSPS) is 25.5. The second kappa shape index (κ2) is 12.3. The van der Waals surface area contributed by atoms with Crippen LogP contribution in [0.15, 0.2) is 12.1 Å². The van der Waals surface area contributed by atoms with Crippen LogP contribution in [0.5, 0.6) is 11.5 Å². The second-order valence-corrected chi connectivity index (χ2v) is 11.8. The van der Waals surface area contributed by atoms with Crippen molar-refractivity contribution in [2.24, 2.45) is 23.2 Å². The predicted octanol–water partition coefficient (Wildman–Crippen LogP) is 4.94. The van der Waals surface area contributed by atoms with Crippen LogP contribution in [0.3, 0.4) is 0 Å². The third-order valence-corrected chi connectivity index (χ3v) is 8.26. The highest BCUT2D eigenvalue weighted by atomic mass is 19.1. The maximum Gasteiger partial charge on any atom is 0.309 e. The SMILES string of the molecule is COc1cc(F)c(OC2CCC(C)(C(=O)O)CC2)cc1C(=O)N[C@@H]1CCC[C@@H]1C(=O)NC(C(C)C)C(C)C. The van der Waals surface area contributed by atoms with Gasteiger partial charge in [-0.2, -0.15) is 0 Å². The first-order chi connectivity index (χ1) is 17.9. The molecule has 2 aliphatic carbocycles. The van der Waals surface area contributed by atoms with Crippen molar-refractivity contribution in [1.82, 2.24) is 10.6 Å². The zero-order valence-corrected chi connectivity index (χ0v) is 23.4. The standard InChI is InChI=1S/C29H43FN2O6/c1-16(2)25(17(3)4)32-26(33)19-8-7-9-22(19)31-27(34)20-14-24(21(30)15-23(20)37-6)38-18-10-12-29(5,13-11-18)28(35)36/h14-19,22,25H,7-13H2,1-6H3,(H,31,34)(H,32,33)(H,35,36)/t18?,19-,22+,29?/m0/s1. The first kappa shape index (κ1) is 29.7. The topological polar surface area (TPSA) is 114 Å². The Balaban J connectivity index is 1.72. The number of amides is 2. The minimum atomic E-state index is -0.839. The first-order valence-corrected chi connectivity index (χ1v) is 13.7. The van der Waals surface area contributed by atoms with Gasteiger partial charge in [0.15, 0.2) is 11.6 Å². The molecule has 3 N–H and O–H groups in total. The van der Waals surface area contributed by atoms with Crippen LogP contribution in [0, 0.1) is 29.0 Å². The lowest BCUT2D eigenvalue weighted by Crippen LogP contribution is -2.49. The Hall–Kier alpha value is -2.84. The number of carbonyl (C=O) groups is 3. The van der Waals surface area contributed by atoms with E-state index in [1.807, 2.05) is 0 Å². The third-order valence-electron chi connectivity index (χ3n) is 8.26. The van der Waals surface area contributed by atoms with Gasteiger partial charge in [0.1, 0.15) is 5.75 Å². The van der Waals surface area contributed by atoms with Gasteiger partial charge in [0, 0.05) is 18.2 Å². The highest BCUT2D eigenvalue weighted by Crippen LogP contribution is 2.38. The molecular formula is C29H43FN2O6. The summed E-state index contributed by atoms with van der Waals surface area (Å²) < 4.78 is 26.0.